The van der Waals surface area contributed by atoms with Crippen LogP contribution in [0.15, 0.2) is 6.20 Å². The van der Waals surface area contributed by atoms with Crippen LogP contribution >= 0.6 is 0 Å². The smallest absolute Gasteiger partial charge is 0.273 e. The molecule has 3 N–H and O–H groups in total. The predicted molar refractivity (Wildman–Crippen MR) is 50.3 cm³/mol. The Morgan fingerprint density at radius 2 is 2.46 bits per heavy atom. The van der Waals surface area contributed by atoms with E-state index in [1.807, 2.05) is 6.92 Å². The van der Waals surface area contributed by atoms with Crippen molar-refractivity contribution in [1.29, 1.82) is 0 Å². The highest BCUT2D eigenvalue weighted by Gasteiger charge is 2.12. The van der Waals surface area contributed by atoms with Gasteiger partial charge in [0, 0.05) is 19.8 Å². The van der Waals surface area contributed by atoms with Crippen molar-refractivity contribution in [3.8, 4) is 0 Å². The van der Waals surface area contributed by atoms with E-state index >= 15 is 0 Å². The number of rotatable bonds is 3. The number of nitrogens with one attached hydrogen (secondary N) is 1. The Labute approximate surface area is 76.9 Å². The largest absolute Gasteiger partial charge is 0.396 e. The van der Waals surface area contributed by atoms with Gasteiger partial charge in [-0.2, -0.15) is 5.10 Å². The minimum Gasteiger partial charge on any atom is -0.396 e. The summed E-state index contributed by atoms with van der Waals surface area (Å²) in [6, 6.07) is 0. The van der Waals surface area contributed by atoms with Crippen molar-refractivity contribution in [3.05, 3.63) is 11.9 Å². The van der Waals surface area contributed by atoms with Crippen LogP contribution in [0.4, 0.5) is 5.69 Å². The van der Waals surface area contributed by atoms with Crippen molar-refractivity contribution in [2.75, 3.05) is 12.8 Å². The molecular formula is C8H14N4O. The van der Waals surface area contributed by atoms with Crippen molar-refractivity contribution in [2.45, 2.75) is 19.9 Å². The molecule has 1 aromatic rings. The second kappa shape index (κ2) is 3.93. The Morgan fingerprint density at radius 3 is 3.00 bits per heavy atom. The van der Waals surface area contributed by atoms with Gasteiger partial charge in [-0.3, -0.25) is 9.48 Å². The summed E-state index contributed by atoms with van der Waals surface area (Å²) in [5.41, 5.74) is 6.33. The van der Waals surface area contributed by atoms with Crippen molar-refractivity contribution in [1.82, 2.24) is 15.1 Å². The zero-order valence-corrected chi connectivity index (χ0v) is 7.87. The number of hydrogen-bond donors (Lipinski definition) is 2. The van der Waals surface area contributed by atoms with Crippen LogP contribution in [0.1, 0.15) is 23.8 Å². The molecule has 1 heterocycles. The van der Waals surface area contributed by atoms with Gasteiger partial charge in [-0.25, -0.2) is 0 Å². The van der Waals surface area contributed by atoms with E-state index in [4.69, 9.17) is 5.73 Å². The van der Waals surface area contributed by atoms with E-state index in [2.05, 4.69) is 10.4 Å². The first-order valence-electron chi connectivity index (χ1n) is 4.24. The van der Waals surface area contributed by atoms with E-state index in [0.717, 1.165) is 13.0 Å². The number of carbonyl (C=O) groups excluding carboxylic acids is 1. The lowest BCUT2D eigenvalue weighted by atomic mass is 10.3. The molecule has 0 unspecified atom stereocenters. The third-order valence-electron chi connectivity index (χ3n) is 1.68. The van der Waals surface area contributed by atoms with Gasteiger partial charge in [-0.1, -0.05) is 6.92 Å². The van der Waals surface area contributed by atoms with E-state index in [1.54, 1.807) is 17.9 Å². The summed E-state index contributed by atoms with van der Waals surface area (Å²) in [7, 11) is 1.56. The molecule has 0 atom stereocenters. The van der Waals surface area contributed by atoms with Crippen molar-refractivity contribution in [2.24, 2.45) is 0 Å². The highest BCUT2D eigenvalue weighted by molar-refractivity contribution is 5.96. The van der Waals surface area contributed by atoms with Crippen LogP contribution in [0, 0.1) is 0 Å². The number of nitrogens with two attached hydrogens (primary N) is 1. The lowest BCUT2D eigenvalue weighted by Gasteiger charge is -1.95. The predicted octanol–water partition coefficient (Wildman–Crippen LogP) is 0.235. The third kappa shape index (κ3) is 1.99. The van der Waals surface area contributed by atoms with E-state index in [9.17, 15) is 4.79 Å². The summed E-state index contributed by atoms with van der Waals surface area (Å²) in [4.78, 5) is 11.2. The van der Waals surface area contributed by atoms with Crippen molar-refractivity contribution in [3.63, 3.8) is 0 Å². The van der Waals surface area contributed by atoms with Gasteiger partial charge in [0.1, 0.15) is 0 Å². The number of anilines is 1. The molecule has 0 aliphatic carbocycles. The topological polar surface area (TPSA) is 72.9 Å². The first kappa shape index (κ1) is 9.57. The number of hydrogen-bond acceptors (Lipinski definition) is 3. The molecule has 13 heavy (non-hydrogen) atoms. The standard InChI is InChI=1S/C8H14N4O/c1-3-4-12-5-6(9)7(11-12)8(13)10-2/h5H,3-4,9H2,1-2H3,(H,10,13). The zero-order valence-electron chi connectivity index (χ0n) is 7.87. The molecule has 5 heteroatoms. The summed E-state index contributed by atoms with van der Waals surface area (Å²) >= 11 is 0. The number of amides is 1. The Bertz CT molecular complexity index is 305. The van der Waals surface area contributed by atoms with Gasteiger partial charge in [-0.05, 0) is 6.42 Å². The van der Waals surface area contributed by atoms with Crippen LogP contribution in [-0.4, -0.2) is 22.7 Å². The Morgan fingerprint density at radius 1 is 1.77 bits per heavy atom. The molecule has 5 nitrogen and oxygen atoms in total. The summed E-state index contributed by atoms with van der Waals surface area (Å²) in [6.45, 7) is 2.82. The maximum atomic E-state index is 11.2. The molecular weight excluding hydrogens is 168 g/mol. The van der Waals surface area contributed by atoms with E-state index in [1.165, 1.54) is 0 Å². The maximum Gasteiger partial charge on any atom is 0.273 e. The van der Waals surface area contributed by atoms with Gasteiger partial charge in [0.15, 0.2) is 5.69 Å². The van der Waals surface area contributed by atoms with Gasteiger partial charge in [0.25, 0.3) is 5.91 Å². The number of aromatic nitrogens is 2. The highest BCUT2D eigenvalue weighted by Crippen LogP contribution is 2.08. The SMILES string of the molecule is CCCn1cc(N)c(C(=O)NC)n1. The summed E-state index contributed by atoms with van der Waals surface area (Å²) in [5, 5.41) is 6.53. The summed E-state index contributed by atoms with van der Waals surface area (Å²) in [5.74, 6) is -0.243. The van der Waals surface area contributed by atoms with E-state index in [-0.39, 0.29) is 5.91 Å². The molecule has 1 amide bonds. The molecule has 0 bridgehead atoms. The van der Waals surface area contributed by atoms with Crippen LogP contribution in [0.25, 0.3) is 0 Å². The monoisotopic (exact) mass is 182 g/mol. The molecule has 72 valence electrons. The molecule has 0 aliphatic rings. The fourth-order valence-corrected chi connectivity index (χ4v) is 1.08. The fourth-order valence-electron chi connectivity index (χ4n) is 1.08. The number of aryl methyl sites for hydroxylation is 1. The molecule has 0 saturated heterocycles. The average Bonchev–Trinajstić information content (AvgIpc) is 2.46. The second-order valence-corrected chi connectivity index (χ2v) is 2.78. The number of nitrogens with zero attached hydrogens (tertiary/aromatic N) is 2. The molecule has 1 aromatic heterocycles. The Balaban J connectivity index is 2.89. The van der Waals surface area contributed by atoms with Crippen LogP contribution in [-0.2, 0) is 6.54 Å². The second-order valence-electron chi connectivity index (χ2n) is 2.78. The zero-order chi connectivity index (χ0) is 9.84. The fraction of sp³-hybridized carbons (Fsp3) is 0.500. The van der Waals surface area contributed by atoms with Crippen molar-refractivity contribution < 1.29 is 4.79 Å². The first-order valence-corrected chi connectivity index (χ1v) is 4.24. The van der Waals surface area contributed by atoms with Gasteiger partial charge in [-0.15, -0.1) is 0 Å². The number of carbonyl (C=O) groups is 1. The third-order valence-corrected chi connectivity index (χ3v) is 1.68. The number of nitrogen functional groups attached to an aromatic ring is 1. The van der Waals surface area contributed by atoms with Gasteiger partial charge in [0.2, 0.25) is 0 Å². The highest BCUT2D eigenvalue weighted by atomic mass is 16.1. The lowest BCUT2D eigenvalue weighted by molar-refractivity contribution is 0.0958. The summed E-state index contributed by atoms with van der Waals surface area (Å²) < 4.78 is 1.68. The van der Waals surface area contributed by atoms with Gasteiger partial charge in [0.05, 0.1) is 5.69 Å². The first-order chi connectivity index (χ1) is 6.19. The molecule has 0 aromatic carbocycles. The van der Waals surface area contributed by atoms with Crippen LogP contribution in [0.2, 0.25) is 0 Å². The molecule has 0 spiro atoms. The van der Waals surface area contributed by atoms with Crippen LogP contribution in [0.5, 0.6) is 0 Å². The van der Waals surface area contributed by atoms with Crippen LogP contribution < -0.4 is 11.1 Å². The molecule has 1 rings (SSSR count). The lowest BCUT2D eigenvalue weighted by Crippen LogP contribution is -2.19. The normalized spacial score (nSPS) is 10.0. The minimum absolute atomic E-state index is 0.243. The Kier molecular flexibility index (Phi) is 2.89. The van der Waals surface area contributed by atoms with E-state index in [0.29, 0.717) is 11.4 Å². The molecule has 0 saturated carbocycles. The van der Waals surface area contributed by atoms with Crippen LogP contribution in [0.3, 0.4) is 0 Å². The van der Waals surface area contributed by atoms with E-state index < -0.39 is 0 Å². The quantitative estimate of drug-likeness (QED) is 0.703. The van der Waals surface area contributed by atoms with Gasteiger partial charge >= 0.3 is 0 Å². The maximum absolute atomic E-state index is 11.2. The average molecular weight is 182 g/mol. The van der Waals surface area contributed by atoms with Crippen molar-refractivity contribution >= 4 is 11.6 Å². The summed E-state index contributed by atoms with van der Waals surface area (Å²) in [6.07, 6.45) is 2.64. The molecule has 0 fully saturated rings. The molecule has 0 radical (unpaired) electrons. The van der Waals surface area contributed by atoms with Gasteiger partial charge < -0.3 is 11.1 Å². The minimum atomic E-state index is -0.243. The Hall–Kier alpha value is -1.52. The molecule has 0 aliphatic heterocycles.